The highest BCUT2D eigenvalue weighted by Gasteiger charge is 2.20. The van der Waals surface area contributed by atoms with E-state index >= 15 is 0 Å². The van der Waals surface area contributed by atoms with Crippen molar-refractivity contribution in [1.29, 1.82) is 0 Å². The molecule has 106 valence electrons. The van der Waals surface area contributed by atoms with Crippen LogP contribution in [0.4, 0.5) is 0 Å². The molecule has 2 rings (SSSR count). The number of aliphatic hydroxyl groups is 1. The number of amides is 1. The predicted molar refractivity (Wildman–Crippen MR) is 74.0 cm³/mol. The first-order valence-corrected chi connectivity index (χ1v) is 7.40. The van der Waals surface area contributed by atoms with Crippen LogP contribution in [0.25, 0.3) is 0 Å². The summed E-state index contributed by atoms with van der Waals surface area (Å²) in [6.07, 6.45) is 0.965. The molecule has 3 N–H and O–H groups in total. The third-order valence-corrected chi connectivity index (χ3v) is 3.84. The lowest BCUT2D eigenvalue weighted by atomic mass is 10.2. The Hall–Kier alpha value is -0.950. The minimum atomic E-state index is -0.517. The average Bonchev–Trinajstić information content (AvgIpc) is 3.01. The zero-order chi connectivity index (χ0) is 13.5. The topological polar surface area (TPSA) is 70.6 Å². The van der Waals surface area contributed by atoms with Crippen molar-refractivity contribution < 1.29 is 14.6 Å². The van der Waals surface area contributed by atoms with E-state index in [-0.39, 0.29) is 11.9 Å². The first kappa shape index (κ1) is 14.5. The van der Waals surface area contributed by atoms with Gasteiger partial charge in [-0.05, 0) is 17.9 Å². The van der Waals surface area contributed by atoms with Gasteiger partial charge in [-0.3, -0.25) is 4.79 Å². The van der Waals surface area contributed by atoms with Crippen molar-refractivity contribution in [2.75, 3.05) is 19.7 Å². The quantitative estimate of drug-likeness (QED) is 0.650. The number of carbonyl (C=O) groups excluding carboxylic acids is 1. The Morgan fingerprint density at radius 2 is 2.53 bits per heavy atom. The maximum atomic E-state index is 11.0. The molecule has 0 aliphatic carbocycles. The molecule has 1 aliphatic heterocycles. The van der Waals surface area contributed by atoms with Crippen LogP contribution in [0.3, 0.4) is 0 Å². The third-order valence-electron chi connectivity index (χ3n) is 2.99. The Kier molecular flexibility index (Phi) is 5.78. The van der Waals surface area contributed by atoms with E-state index in [1.807, 2.05) is 17.5 Å². The van der Waals surface area contributed by atoms with Gasteiger partial charge in [0.15, 0.2) is 0 Å². The summed E-state index contributed by atoms with van der Waals surface area (Å²) in [7, 11) is 0. The number of thiophene rings is 1. The molecule has 2 heterocycles. The number of rotatable bonds is 8. The normalized spacial score (nSPS) is 20.5. The molecule has 1 aliphatic rings. The van der Waals surface area contributed by atoms with E-state index in [2.05, 4.69) is 10.6 Å². The zero-order valence-electron chi connectivity index (χ0n) is 10.8. The molecule has 1 fully saturated rings. The van der Waals surface area contributed by atoms with Crippen molar-refractivity contribution in [2.24, 2.45) is 0 Å². The Morgan fingerprint density at radius 1 is 1.63 bits per heavy atom. The summed E-state index contributed by atoms with van der Waals surface area (Å²) in [5.74, 6) is 0.117. The lowest BCUT2D eigenvalue weighted by molar-refractivity contribution is -0.119. The minimum absolute atomic E-state index is 0.117. The van der Waals surface area contributed by atoms with Crippen LogP contribution in [0.1, 0.15) is 17.7 Å². The Labute approximate surface area is 117 Å². The van der Waals surface area contributed by atoms with Crippen molar-refractivity contribution in [2.45, 2.75) is 31.6 Å². The number of aliphatic hydroxyl groups excluding tert-OH is 1. The highest BCUT2D eigenvalue weighted by Crippen LogP contribution is 2.09. The number of ether oxygens (including phenoxy) is 1. The second kappa shape index (κ2) is 7.59. The largest absolute Gasteiger partial charge is 0.389 e. The standard InChI is InChI=1S/C13H20N2O3S/c16-11(8-18-9-12-2-1-5-19-12)7-14-6-10-3-4-13(17)15-10/h1-2,5,10-11,14,16H,3-4,6-9H2,(H,15,17). The van der Waals surface area contributed by atoms with Gasteiger partial charge in [0.1, 0.15) is 0 Å². The SMILES string of the molecule is O=C1CCC(CNCC(O)COCc2cccs2)N1. The van der Waals surface area contributed by atoms with Gasteiger partial charge in [0.2, 0.25) is 5.91 Å². The smallest absolute Gasteiger partial charge is 0.220 e. The van der Waals surface area contributed by atoms with Gasteiger partial charge in [0.25, 0.3) is 0 Å². The van der Waals surface area contributed by atoms with E-state index in [9.17, 15) is 9.90 Å². The third kappa shape index (κ3) is 5.28. The van der Waals surface area contributed by atoms with Gasteiger partial charge in [0, 0.05) is 30.4 Å². The van der Waals surface area contributed by atoms with E-state index < -0.39 is 6.10 Å². The average molecular weight is 284 g/mol. The predicted octanol–water partition coefficient (Wildman–Crippen LogP) is 0.494. The summed E-state index contributed by atoms with van der Waals surface area (Å²) in [4.78, 5) is 12.2. The fourth-order valence-corrected chi connectivity index (χ4v) is 2.64. The molecule has 0 radical (unpaired) electrons. The van der Waals surface area contributed by atoms with Crippen molar-refractivity contribution in [3.63, 3.8) is 0 Å². The second-order valence-corrected chi connectivity index (χ2v) is 5.74. The zero-order valence-corrected chi connectivity index (χ0v) is 11.6. The van der Waals surface area contributed by atoms with Crippen LogP contribution in [-0.2, 0) is 16.1 Å². The molecule has 2 unspecified atom stereocenters. The molecule has 2 atom stereocenters. The highest BCUT2D eigenvalue weighted by molar-refractivity contribution is 7.09. The summed E-state index contributed by atoms with van der Waals surface area (Å²) in [5, 5.41) is 17.8. The molecule has 1 aromatic rings. The molecule has 5 nitrogen and oxygen atoms in total. The molecular formula is C13H20N2O3S. The Morgan fingerprint density at radius 3 is 3.21 bits per heavy atom. The molecule has 19 heavy (non-hydrogen) atoms. The van der Waals surface area contributed by atoms with E-state index in [1.54, 1.807) is 11.3 Å². The summed E-state index contributed by atoms with van der Waals surface area (Å²) in [6, 6.07) is 4.20. The van der Waals surface area contributed by atoms with Gasteiger partial charge < -0.3 is 20.5 Å². The first-order chi connectivity index (χ1) is 9.24. The number of hydrogen-bond donors (Lipinski definition) is 3. The van der Waals surface area contributed by atoms with Crippen molar-refractivity contribution >= 4 is 17.2 Å². The van der Waals surface area contributed by atoms with Crippen LogP contribution in [0, 0.1) is 0 Å². The van der Waals surface area contributed by atoms with Crippen LogP contribution in [-0.4, -0.2) is 42.9 Å². The molecular weight excluding hydrogens is 264 g/mol. The lowest BCUT2D eigenvalue weighted by Crippen LogP contribution is -2.39. The van der Waals surface area contributed by atoms with Crippen LogP contribution in [0.2, 0.25) is 0 Å². The molecule has 0 bridgehead atoms. The highest BCUT2D eigenvalue weighted by atomic mass is 32.1. The van der Waals surface area contributed by atoms with Crippen LogP contribution < -0.4 is 10.6 Å². The van der Waals surface area contributed by atoms with Gasteiger partial charge >= 0.3 is 0 Å². The first-order valence-electron chi connectivity index (χ1n) is 6.52. The number of hydrogen-bond acceptors (Lipinski definition) is 5. The number of nitrogens with one attached hydrogen (secondary N) is 2. The summed E-state index contributed by atoms with van der Waals surface area (Å²) in [6.45, 7) is 2.06. The van der Waals surface area contributed by atoms with Gasteiger partial charge in [-0.2, -0.15) is 0 Å². The molecule has 0 saturated carbocycles. The Balaban J connectivity index is 1.50. The summed E-state index contributed by atoms with van der Waals surface area (Å²) in [5.41, 5.74) is 0. The van der Waals surface area contributed by atoms with Crippen LogP contribution >= 0.6 is 11.3 Å². The molecule has 1 saturated heterocycles. The van der Waals surface area contributed by atoms with Crippen molar-refractivity contribution in [3.8, 4) is 0 Å². The van der Waals surface area contributed by atoms with E-state index in [0.717, 1.165) is 11.3 Å². The maximum absolute atomic E-state index is 11.0. The lowest BCUT2D eigenvalue weighted by Gasteiger charge is -2.15. The number of carbonyl (C=O) groups is 1. The summed E-state index contributed by atoms with van der Waals surface area (Å²) >= 11 is 1.65. The van der Waals surface area contributed by atoms with Crippen LogP contribution in [0.5, 0.6) is 0 Å². The fourth-order valence-electron chi connectivity index (χ4n) is 2.00. The van der Waals surface area contributed by atoms with Gasteiger partial charge in [-0.15, -0.1) is 11.3 Å². The molecule has 0 aromatic carbocycles. The van der Waals surface area contributed by atoms with Gasteiger partial charge in [-0.25, -0.2) is 0 Å². The van der Waals surface area contributed by atoms with E-state index in [0.29, 0.717) is 32.7 Å². The van der Waals surface area contributed by atoms with E-state index in [1.165, 1.54) is 0 Å². The molecule has 6 heteroatoms. The second-order valence-electron chi connectivity index (χ2n) is 4.71. The van der Waals surface area contributed by atoms with Gasteiger partial charge in [-0.1, -0.05) is 6.07 Å². The van der Waals surface area contributed by atoms with Crippen molar-refractivity contribution in [3.05, 3.63) is 22.4 Å². The fraction of sp³-hybridized carbons (Fsp3) is 0.615. The monoisotopic (exact) mass is 284 g/mol. The molecule has 1 aromatic heterocycles. The maximum Gasteiger partial charge on any atom is 0.220 e. The molecule has 0 spiro atoms. The molecule has 1 amide bonds. The van der Waals surface area contributed by atoms with Crippen molar-refractivity contribution in [1.82, 2.24) is 10.6 Å². The minimum Gasteiger partial charge on any atom is -0.389 e. The van der Waals surface area contributed by atoms with Gasteiger partial charge in [0.05, 0.1) is 19.3 Å². The van der Waals surface area contributed by atoms with E-state index in [4.69, 9.17) is 4.74 Å². The van der Waals surface area contributed by atoms with Crippen LogP contribution in [0.15, 0.2) is 17.5 Å². The summed E-state index contributed by atoms with van der Waals surface area (Å²) < 4.78 is 5.43. The Bertz CT molecular complexity index is 383.